The van der Waals surface area contributed by atoms with Crippen molar-refractivity contribution in [2.75, 3.05) is 25.6 Å². The van der Waals surface area contributed by atoms with Gasteiger partial charge in [0.05, 0.1) is 13.5 Å². The molecule has 2 heterocycles. The Kier molecular flexibility index (Phi) is 3.98. The highest BCUT2D eigenvalue weighted by Gasteiger charge is 2.62. The number of nitrogens with zero attached hydrogens (tertiary/aromatic N) is 2. The first-order valence-electron chi connectivity index (χ1n) is 8.84. The van der Waals surface area contributed by atoms with E-state index in [1.54, 1.807) is 32.4 Å². The zero-order valence-electron chi connectivity index (χ0n) is 15.3. The van der Waals surface area contributed by atoms with E-state index in [2.05, 4.69) is 0 Å². The molecule has 2 aromatic rings. The van der Waals surface area contributed by atoms with E-state index in [0.717, 1.165) is 11.3 Å². The van der Waals surface area contributed by atoms with Crippen molar-refractivity contribution in [3.8, 4) is 5.75 Å². The van der Waals surface area contributed by atoms with Crippen LogP contribution in [0.25, 0.3) is 0 Å². The fourth-order valence-electron chi connectivity index (χ4n) is 4.02. The summed E-state index contributed by atoms with van der Waals surface area (Å²) in [6, 6.07) is 14.7. The normalized spacial score (nSPS) is 21.3. The molecular formula is C21H20N2O4. The number of ether oxygens (including phenoxy) is 1. The van der Waals surface area contributed by atoms with Gasteiger partial charge in [0.25, 0.3) is 0 Å². The topological polar surface area (TPSA) is 66.9 Å². The van der Waals surface area contributed by atoms with Crippen LogP contribution >= 0.6 is 0 Å². The van der Waals surface area contributed by atoms with Crippen LogP contribution in [0.3, 0.4) is 0 Å². The van der Waals surface area contributed by atoms with Crippen molar-refractivity contribution in [2.24, 2.45) is 0 Å². The number of likely N-dealkylation sites (tertiary alicyclic amines) is 1. The highest BCUT2D eigenvalue weighted by molar-refractivity contribution is 6.28. The van der Waals surface area contributed by atoms with Gasteiger partial charge in [0, 0.05) is 24.8 Å². The number of carbonyl (C=O) groups excluding carboxylic acids is 3. The molecule has 138 valence electrons. The Morgan fingerprint density at radius 3 is 2.41 bits per heavy atom. The highest BCUT2D eigenvalue weighted by Crippen LogP contribution is 2.47. The van der Waals surface area contributed by atoms with Crippen LogP contribution in [0.4, 0.5) is 5.69 Å². The van der Waals surface area contributed by atoms with Crippen LogP contribution < -0.4 is 9.64 Å². The average Bonchev–Trinajstić information content (AvgIpc) is 3.07. The summed E-state index contributed by atoms with van der Waals surface area (Å²) in [7, 11) is 3.25. The quantitative estimate of drug-likeness (QED) is 0.614. The number of carbonyl (C=O) groups is 3. The number of likely N-dealkylation sites (N-methyl/N-ethyl adjacent to an activating group) is 1. The van der Waals surface area contributed by atoms with Gasteiger partial charge in [-0.15, -0.1) is 0 Å². The van der Waals surface area contributed by atoms with Crippen molar-refractivity contribution in [2.45, 2.75) is 18.3 Å². The fraction of sp³-hybridized carbons (Fsp3) is 0.286. The molecule has 0 unspecified atom stereocenters. The monoisotopic (exact) mass is 364 g/mol. The van der Waals surface area contributed by atoms with Crippen LogP contribution in [-0.4, -0.2) is 43.3 Å². The van der Waals surface area contributed by atoms with E-state index in [1.165, 1.54) is 9.80 Å². The number of rotatable bonds is 4. The molecule has 2 aromatic carbocycles. The van der Waals surface area contributed by atoms with Gasteiger partial charge in [-0.3, -0.25) is 19.3 Å². The number of methoxy groups -OCH3 is 1. The van der Waals surface area contributed by atoms with E-state index in [4.69, 9.17) is 4.74 Å². The third kappa shape index (κ3) is 2.44. The van der Waals surface area contributed by atoms with E-state index < -0.39 is 11.3 Å². The van der Waals surface area contributed by atoms with Gasteiger partial charge in [-0.1, -0.05) is 30.3 Å². The minimum Gasteiger partial charge on any atom is -0.497 e. The number of fused-ring (bicyclic) bond motifs is 2. The highest BCUT2D eigenvalue weighted by atomic mass is 16.5. The minimum absolute atomic E-state index is 0.103. The summed E-state index contributed by atoms with van der Waals surface area (Å²) in [5.74, 6) is -0.286. The Bertz CT molecular complexity index is 937. The smallest absolute Gasteiger partial charge is 0.250 e. The number of hydrogen-bond acceptors (Lipinski definition) is 4. The molecule has 3 amide bonds. The molecular weight excluding hydrogens is 344 g/mol. The Morgan fingerprint density at radius 1 is 1.00 bits per heavy atom. The summed E-state index contributed by atoms with van der Waals surface area (Å²) in [5.41, 5.74) is 0.915. The molecule has 0 bridgehead atoms. The third-order valence-electron chi connectivity index (χ3n) is 5.51. The Hall–Kier alpha value is -3.15. The molecule has 2 aliphatic heterocycles. The predicted octanol–water partition coefficient (Wildman–Crippen LogP) is 1.91. The second kappa shape index (κ2) is 6.23. The van der Waals surface area contributed by atoms with Crippen LogP contribution in [0.1, 0.15) is 17.5 Å². The van der Waals surface area contributed by atoms with Crippen molar-refractivity contribution in [3.05, 3.63) is 59.7 Å². The van der Waals surface area contributed by atoms with E-state index in [1.807, 2.05) is 30.3 Å². The molecule has 0 aliphatic carbocycles. The van der Waals surface area contributed by atoms with Crippen LogP contribution in [0.5, 0.6) is 5.75 Å². The number of benzene rings is 2. The fourth-order valence-corrected chi connectivity index (χ4v) is 4.02. The molecule has 0 radical (unpaired) electrons. The number of para-hydroxylation sites is 1. The van der Waals surface area contributed by atoms with Crippen LogP contribution in [0.15, 0.2) is 48.5 Å². The number of imide groups is 1. The van der Waals surface area contributed by atoms with Crippen molar-refractivity contribution < 1.29 is 19.1 Å². The number of hydrogen-bond donors (Lipinski definition) is 0. The second-order valence-corrected chi connectivity index (χ2v) is 6.91. The Balaban J connectivity index is 1.60. The zero-order chi connectivity index (χ0) is 19.2. The van der Waals surface area contributed by atoms with Crippen molar-refractivity contribution in [3.63, 3.8) is 0 Å². The molecule has 1 atom stereocenters. The van der Waals surface area contributed by atoms with Crippen LogP contribution in [0.2, 0.25) is 0 Å². The number of amides is 3. The van der Waals surface area contributed by atoms with Gasteiger partial charge in [-0.2, -0.15) is 0 Å². The molecule has 1 spiro atoms. The minimum atomic E-state index is -1.40. The van der Waals surface area contributed by atoms with Gasteiger partial charge in [-0.05, 0) is 30.2 Å². The van der Waals surface area contributed by atoms with Crippen LogP contribution in [0, 0.1) is 0 Å². The van der Waals surface area contributed by atoms with Gasteiger partial charge < -0.3 is 9.64 Å². The van der Waals surface area contributed by atoms with Gasteiger partial charge in [-0.25, -0.2) is 0 Å². The Labute approximate surface area is 157 Å². The molecule has 0 N–H and O–H groups in total. The van der Waals surface area contributed by atoms with Crippen molar-refractivity contribution >= 4 is 23.4 Å². The first-order valence-corrected chi connectivity index (χ1v) is 8.84. The molecule has 0 aromatic heterocycles. The summed E-state index contributed by atoms with van der Waals surface area (Å²) in [6.07, 6.45) is 0.428. The summed E-state index contributed by atoms with van der Waals surface area (Å²) >= 11 is 0. The maximum absolute atomic E-state index is 13.2. The van der Waals surface area contributed by atoms with Gasteiger partial charge >= 0.3 is 0 Å². The summed E-state index contributed by atoms with van der Waals surface area (Å²) in [6.45, 7) is 0.255. The molecule has 27 heavy (non-hydrogen) atoms. The Morgan fingerprint density at radius 2 is 1.70 bits per heavy atom. The summed E-state index contributed by atoms with van der Waals surface area (Å²) in [5, 5.41) is 0. The lowest BCUT2D eigenvalue weighted by atomic mass is 9.80. The third-order valence-corrected chi connectivity index (χ3v) is 5.51. The maximum Gasteiger partial charge on any atom is 0.250 e. The van der Waals surface area contributed by atoms with Crippen molar-refractivity contribution in [1.29, 1.82) is 0 Å². The van der Waals surface area contributed by atoms with Crippen LogP contribution in [-0.2, 0) is 26.2 Å². The zero-order valence-corrected chi connectivity index (χ0v) is 15.3. The first kappa shape index (κ1) is 17.3. The standard InChI is InChI=1S/C21H20N2O4/c1-22-17-6-4-3-5-16(17)21(19(22)25)13-18(24)23(20(21)26)12-11-14-7-9-15(27-2)10-8-14/h3-10H,11-13H2,1-2H3/t21-/m1/s1. The van der Waals surface area contributed by atoms with E-state index in [9.17, 15) is 14.4 Å². The summed E-state index contributed by atoms with van der Waals surface area (Å²) < 4.78 is 5.14. The van der Waals surface area contributed by atoms with E-state index in [0.29, 0.717) is 17.7 Å². The molecule has 1 fully saturated rings. The molecule has 0 saturated carbocycles. The molecule has 6 nitrogen and oxygen atoms in total. The van der Waals surface area contributed by atoms with Crippen molar-refractivity contribution in [1.82, 2.24) is 4.90 Å². The van der Waals surface area contributed by atoms with E-state index in [-0.39, 0.29) is 24.8 Å². The largest absolute Gasteiger partial charge is 0.497 e. The molecule has 4 rings (SSSR count). The van der Waals surface area contributed by atoms with Gasteiger partial charge in [0.1, 0.15) is 5.75 Å². The maximum atomic E-state index is 13.2. The van der Waals surface area contributed by atoms with Gasteiger partial charge in [0.15, 0.2) is 5.41 Å². The van der Waals surface area contributed by atoms with E-state index >= 15 is 0 Å². The SMILES string of the molecule is COc1ccc(CCN2C(=O)C[C@]3(C2=O)C(=O)N(C)c2ccccc23)cc1. The second-order valence-electron chi connectivity index (χ2n) is 6.91. The molecule has 2 aliphatic rings. The lowest BCUT2D eigenvalue weighted by Gasteiger charge is -2.21. The first-order chi connectivity index (χ1) is 13.0. The summed E-state index contributed by atoms with van der Waals surface area (Å²) in [4.78, 5) is 41.5. The lowest BCUT2D eigenvalue weighted by molar-refractivity contribution is -0.141. The van der Waals surface area contributed by atoms with Gasteiger partial charge in [0.2, 0.25) is 17.7 Å². The predicted molar refractivity (Wildman–Crippen MR) is 99.6 cm³/mol. The average molecular weight is 364 g/mol. The molecule has 1 saturated heterocycles. The lowest BCUT2D eigenvalue weighted by Crippen LogP contribution is -2.45. The number of anilines is 1. The molecule has 6 heteroatoms.